The molecule has 0 aliphatic rings. The van der Waals surface area contributed by atoms with Crippen LogP contribution >= 0.6 is 0 Å². The molecule has 0 saturated carbocycles. The van der Waals surface area contributed by atoms with Crippen LogP contribution < -0.4 is 4.72 Å². The summed E-state index contributed by atoms with van der Waals surface area (Å²) in [6, 6.07) is 12.9. The van der Waals surface area contributed by atoms with Crippen LogP contribution in [0.15, 0.2) is 53.4 Å². The van der Waals surface area contributed by atoms with Gasteiger partial charge in [0, 0.05) is 0 Å². The van der Waals surface area contributed by atoms with Crippen LogP contribution in [0.5, 0.6) is 5.75 Å². The van der Waals surface area contributed by atoms with Gasteiger partial charge < -0.3 is 5.11 Å². The van der Waals surface area contributed by atoms with Crippen LogP contribution in [-0.4, -0.2) is 13.5 Å². The standard InChI is InChI=1S/C13H13NO3S/c1-10-6-5-9-12(13(10)15)14-18(16,17)11-7-3-2-4-8-11/h2-9,14-15H,1H3. The van der Waals surface area contributed by atoms with Gasteiger partial charge in [0.15, 0.2) is 0 Å². The molecule has 2 aromatic carbocycles. The zero-order valence-corrected chi connectivity index (χ0v) is 10.6. The summed E-state index contributed by atoms with van der Waals surface area (Å²) < 4.78 is 26.5. The summed E-state index contributed by atoms with van der Waals surface area (Å²) in [5.41, 5.74) is 0.794. The van der Waals surface area contributed by atoms with Crippen molar-refractivity contribution in [2.75, 3.05) is 4.72 Å². The number of para-hydroxylation sites is 1. The van der Waals surface area contributed by atoms with Crippen molar-refractivity contribution in [3.8, 4) is 5.75 Å². The van der Waals surface area contributed by atoms with E-state index in [9.17, 15) is 13.5 Å². The number of hydrogen-bond donors (Lipinski definition) is 2. The second-order valence-corrected chi connectivity index (χ2v) is 5.57. The van der Waals surface area contributed by atoms with Crippen molar-refractivity contribution in [1.29, 1.82) is 0 Å². The molecular weight excluding hydrogens is 250 g/mol. The summed E-state index contributed by atoms with van der Waals surface area (Å²) in [5, 5.41) is 9.78. The van der Waals surface area contributed by atoms with Gasteiger partial charge in [0.1, 0.15) is 5.75 Å². The molecule has 0 aliphatic heterocycles. The van der Waals surface area contributed by atoms with Crippen molar-refractivity contribution in [3.05, 3.63) is 54.1 Å². The normalized spacial score (nSPS) is 11.2. The predicted molar refractivity (Wildman–Crippen MR) is 70.1 cm³/mol. The van der Waals surface area contributed by atoms with Crippen LogP contribution in [0.1, 0.15) is 5.56 Å². The van der Waals surface area contributed by atoms with Gasteiger partial charge in [-0.3, -0.25) is 4.72 Å². The van der Waals surface area contributed by atoms with Gasteiger partial charge in [-0.2, -0.15) is 0 Å². The zero-order chi connectivity index (χ0) is 13.2. The molecule has 0 bridgehead atoms. The number of anilines is 1. The number of nitrogens with one attached hydrogen (secondary N) is 1. The van der Waals surface area contributed by atoms with Crippen molar-refractivity contribution >= 4 is 15.7 Å². The van der Waals surface area contributed by atoms with E-state index in [0.717, 1.165) is 0 Å². The summed E-state index contributed by atoms with van der Waals surface area (Å²) in [5.74, 6) is -0.0583. The first-order chi connectivity index (χ1) is 8.50. The minimum absolute atomic E-state index is 0.0583. The summed E-state index contributed by atoms with van der Waals surface area (Å²) in [6.07, 6.45) is 0. The third-order valence-electron chi connectivity index (χ3n) is 2.54. The summed E-state index contributed by atoms with van der Waals surface area (Å²) >= 11 is 0. The molecular formula is C13H13NO3S. The highest BCUT2D eigenvalue weighted by molar-refractivity contribution is 7.92. The molecule has 4 nitrogen and oxygen atoms in total. The smallest absolute Gasteiger partial charge is 0.262 e. The first-order valence-corrected chi connectivity index (χ1v) is 6.85. The molecule has 0 aliphatic carbocycles. The molecule has 5 heteroatoms. The molecule has 0 heterocycles. The Morgan fingerprint density at radius 3 is 2.33 bits per heavy atom. The SMILES string of the molecule is Cc1cccc(NS(=O)(=O)c2ccccc2)c1O. The first kappa shape index (κ1) is 12.4. The molecule has 2 N–H and O–H groups in total. The van der Waals surface area contributed by atoms with Crippen molar-refractivity contribution in [2.24, 2.45) is 0 Å². The molecule has 0 spiro atoms. The van der Waals surface area contributed by atoms with Crippen molar-refractivity contribution < 1.29 is 13.5 Å². The molecule has 2 aromatic rings. The molecule has 0 atom stereocenters. The molecule has 0 radical (unpaired) electrons. The fourth-order valence-corrected chi connectivity index (χ4v) is 2.63. The number of aromatic hydroxyl groups is 1. The molecule has 94 valence electrons. The maximum Gasteiger partial charge on any atom is 0.262 e. The minimum atomic E-state index is -3.66. The van der Waals surface area contributed by atoms with Crippen LogP contribution in [0.4, 0.5) is 5.69 Å². The quantitative estimate of drug-likeness (QED) is 0.836. The maximum atomic E-state index is 12.0. The van der Waals surface area contributed by atoms with Crippen molar-refractivity contribution in [2.45, 2.75) is 11.8 Å². The van der Waals surface area contributed by atoms with Gasteiger partial charge in [0.05, 0.1) is 10.6 Å². The largest absolute Gasteiger partial charge is 0.505 e. The van der Waals surface area contributed by atoms with Gasteiger partial charge in [-0.1, -0.05) is 30.3 Å². The van der Waals surface area contributed by atoms with Gasteiger partial charge in [-0.05, 0) is 30.7 Å². The molecule has 18 heavy (non-hydrogen) atoms. The number of phenolic OH excluding ortho intramolecular Hbond substituents is 1. The van der Waals surface area contributed by atoms with E-state index in [2.05, 4.69) is 4.72 Å². The lowest BCUT2D eigenvalue weighted by Crippen LogP contribution is -2.13. The number of phenols is 1. The van der Waals surface area contributed by atoms with E-state index >= 15 is 0 Å². The second-order valence-electron chi connectivity index (χ2n) is 3.89. The van der Waals surface area contributed by atoms with Crippen molar-refractivity contribution in [1.82, 2.24) is 0 Å². The van der Waals surface area contributed by atoms with Crippen molar-refractivity contribution in [3.63, 3.8) is 0 Å². The highest BCUT2D eigenvalue weighted by Gasteiger charge is 2.15. The maximum absolute atomic E-state index is 12.0. The number of rotatable bonds is 3. The Labute approximate surface area is 106 Å². The molecule has 0 unspecified atom stereocenters. The third kappa shape index (κ3) is 2.46. The molecule has 0 aromatic heterocycles. The Balaban J connectivity index is 2.37. The van der Waals surface area contributed by atoms with Crippen LogP contribution in [0.25, 0.3) is 0 Å². The summed E-state index contributed by atoms with van der Waals surface area (Å²) in [4.78, 5) is 0.158. The molecule has 2 rings (SSSR count). The third-order valence-corrected chi connectivity index (χ3v) is 3.92. The van der Waals surface area contributed by atoms with E-state index in [1.165, 1.54) is 18.2 Å². The van der Waals surface area contributed by atoms with E-state index in [1.807, 2.05) is 0 Å². The molecule has 0 fully saturated rings. The molecule has 0 saturated heterocycles. The minimum Gasteiger partial charge on any atom is -0.505 e. The van der Waals surface area contributed by atoms with Crippen LogP contribution in [0, 0.1) is 6.92 Å². The fraction of sp³-hybridized carbons (Fsp3) is 0.0769. The van der Waals surface area contributed by atoms with Gasteiger partial charge in [-0.25, -0.2) is 8.42 Å². The van der Waals surface area contributed by atoms with Crippen LogP contribution in [0.3, 0.4) is 0 Å². The number of aryl methyl sites for hydroxylation is 1. The van der Waals surface area contributed by atoms with E-state index in [1.54, 1.807) is 37.3 Å². The summed E-state index contributed by atoms with van der Waals surface area (Å²) in [6.45, 7) is 1.70. The lowest BCUT2D eigenvalue weighted by molar-refractivity contribution is 0.473. The van der Waals surface area contributed by atoms with Gasteiger partial charge in [0.2, 0.25) is 0 Å². The number of sulfonamides is 1. The topological polar surface area (TPSA) is 66.4 Å². The predicted octanol–water partition coefficient (Wildman–Crippen LogP) is 2.50. The van der Waals surface area contributed by atoms with Gasteiger partial charge in [-0.15, -0.1) is 0 Å². The molecule has 0 amide bonds. The Hall–Kier alpha value is -2.01. The van der Waals surface area contributed by atoms with Crippen LogP contribution in [0.2, 0.25) is 0 Å². The average Bonchev–Trinajstić information content (AvgIpc) is 2.36. The Kier molecular flexibility index (Phi) is 3.25. The lowest BCUT2D eigenvalue weighted by atomic mass is 10.2. The van der Waals surface area contributed by atoms with E-state index in [0.29, 0.717) is 5.56 Å². The van der Waals surface area contributed by atoms with Gasteiger partial charge >= 0.3 is 0 Å². The summed E-state index contributed by atoms with van der Waals surface area (Å²) in [7, 11) is -3.66. The fourth-order valence-electron chi connectivity index (χ4n) is 1.54. The van der Waals surface area contributed by atoms with Gasteiger partial charge in [0.25, 0.3) is 10.0 Å². The Morgan fingerprint density at radius 2 is 1.67 bits per heavy atom. The Morgan fingerprint density at radius 1 is 1.00 bits per heavy atom. The first-order valence-electron chi connectivity index (χ1n) is 5.37. The Bertz CT molecular complexity index is 651. The van der Waals surface area contributed by atoms with E-state index < -0.39 is 10.0 Å². The number of benzene rings is 2. The number of hydrogen-bond acceptors (Lipinski definition) is 3. The average molecular weight is 263 g/mol. The van der Waals surface area contributed by atoms with E-state index in [4.69, 9.17) is 0 Å². The second kappa shape index (κ2) is 4.70. The van der Waals surface area contributed by atoms with E-state index in [-0.39, 0.29) is 16.3 Å². The lowest BCUT2D eigenvalue weighted by Gasteiger charge is -2.10. The van der Waals surface area contributed by atoms with Crippen LogP contribution in [-0.2, 0) is 10.0 Å². The monoisotopic (exact) mass is 263 g/mol. The highest BCUT2D eigenvalue weighted by atomic mass is 32.2. The zero-order valence-electron chi connectivity index (χ0n) is 9.79. The highest BCUT2D eigenvalue weighted by Crippen LogP contribution is 2.28.